The van der Waals surface area contributed by atoms with Crippen LogP contribution in [0.5, 0.6) is 0 Å². The summed E-state index contributed by atoms with van der Waals surface area (Å²) in [6, 6.07) is 0. The van der Waals surface area contributed by atoms with Crippen LogP contribution in [0.1, 0.15) is 25.7 Å². The zero-order valence-corrected chi connectivity index (χ0v) is 8.41. The molecule has 1 saturated heterocycles. The van der Waals surface area contributed by atoms with E-state index in [1.54, 1.807) is 0 Å². The molecule has 3 nitrogen and oxygen atoms in total. The Hall–Kier alpha value is 0.0700. The maximum Gasteiger partial charge on any atom is 0.0187 e. The molecule has 1 aliphatic heterocycles. The summed E-state index contributed by atoms with van der Waals surface area (Å²) in [4.78, 5) is 2.50. The first-order valence-corrected chi connectivity index (χ1v) is 6.13. The number of nitrogens with two attached hydrogens (primary N) is 1. The van der Waals surface area contributed by atoms with E-state index in [-0.39, 0.29) is 0 Å². The Labute approximate surface area is 77.3 Å². The van der Waals surface area contributed by atoms with E-state index in [4.69, 9.17) is 9.92 Å². The van der Waals surface area contributed by atoms with Crippen molar-refractivity contribution in [2.75, 3.05) is 25.4 Å². The van der Waals surface area contributed by atoms with Crippen LogP contribution in [0.4, 0.5) is 0 Å². The van der Waals surface area contributed by atoms with Crippen molar-refractivity contribution >= 4 is 10.9 Å². The Kier molecular flexibility index (Phi) is 4.80. The van der Waals surface area contributed by atoms with Gasteiger partial charge >= 0.3 is 0 Å². The largest absolute Gasteiger partial charge is 0.303 e. The summed E-state index contributed by atoms with van der Waals surface area (Å²) in [7, 11) is -0.597. The van der Waals surface area contributed by atoms with Gasteiger partial charge in [-0.2, -0.15) is 0 Å². The molecule has 3 N–H and O–H groups in total. The second-order valence-electron chi connectivity index (χ2n) is 3.39. The standard InChI is InChI=1S/C8H19N3S/c9-12(10)8-4-7-11-5-2-1-3-6-11/h1-8H2,(H3,9,10). The van der Waals surface area contributed by atoms with Crippen molar-refractivity contribution in [1.29, 1.82) is 4.78 Å². The molecule has 0 saturated carbocycles. The summed E-state index contributed by atoms with van der Waals surface area (Å²) in [5.74, 6) is 0.872. The predicted octanol–water partition coefficient (Wildman–Crippen LogP) is 1.12. The molecule has 0 amide bonds. The molecule has 1 fully saturated rings. The van der Waals surface area contributed by atoms with Crippen molar-refractivity contribution in [2.24, 2.45) is 5.14 Å². The fraction of sp³-hybridized carbons (Fsp3) is 1.00. The van der Waals surface area contributed by atoms with Gasteiger partial charge in [-0.1, -0.05) is 6.42 Å². The molecule has 0 bridgehead atoms. The second-order valence-corrected chi connectivity index (χ2v) is 4.65. The zero-order chi connectivity index (χ0) is 8.81. The molecule has 0 aromatic carbocycles. The number of hydrogen-bond acceptors (Lipinski definition) is 2. The molecular weight excluding hydrogens is 170 g/mol. The van der Waals surface area contributed by atoms with E-state index in [1.165, 1.54) is 32.4 Å². The van der Waals surface area contributed by atoms with Crippen LogP contribution >= 0.6 is 0 Å². The molecule has 1 rings (SSSR count). The lowest BCUT2D eigenvalue weighted by Gasteiger charge is -2.26. The maximum absolute atomic E-state index is 7.18. The minimum absolute atomic E-state index is 0.597. The van der Waals surface area contributed by atoms with E-state index in [2.05, 4.69) is 4.90 Å². The Bertz CT molecular complexity index is 143. The molecule has 0 aliphatic carbocycles. The first-order chi connectivity index (χ1) is 5.79. The average Bonchev–Trinajstić information content (AvgIpc) is 2.05. The van der Waals surface area contributed by atoms with Crippen LogP contribution in [-0.2, 0) is 10.9 Å². The molecule has 0 spiro atoms. The molecule has 4 heteroatoms. The van der Waals surface area contributed by atoms with Gasteiger partial charge in [0.15, 0.2) is 0 Å². The molecule has 0 aromatic heterocycles. The van der Waals surface area contributed by atoms with Gasteiger partial charge in [-0.3, -0.25) is 9.92 Å². The normalized spacial score (nSPS) is 22.4. The summed E-state index contributed by atoms with van der Waals surface area (Å²) in [5, 5.41) is 5.38. The van der Waals surface area contributed by atoms with Crippen molar-refractivity contribution in [3.8, 4) is 0 Å². The van der Waals surface area contributed by atoms with Crippen LogP contribution in [0.25, 0.3) is 0 Å². The van der Waals surface area contributed by atoms with Crippen molar-refractivity contribution in [2.45, 2.75) is 25.7 Å². The molecule has 0 radical (unpaired) electrons. The van der Waals surface area contributed by atoms with E-state index < -0.39 is 10.9 Å². The van der Waals surface area contributed by atoms with E-state index in [0.717, 1.165) is 18.7 Å². The highest BCUT2D eigenvalue weighted by Gasteiger charge is 2.08. The van der Waals surface area contributed by atoms with Gasteiger partial charge in [0, 0.05) is 5.75 Å². The highest BCUT2D eigenvalue weighted by molar-refractivity contribution is 7.83. The molecule has 1 aliphatic rings. The Morgan fingerprint density at radius 3 is 2.50 bits per heavy atom. The summed E-state index contributed by atoms with van der Waals surface area (Å²) >= 11 is 0. The van der Waals surface area contributed by atoms with Gasteiger partial charge in [-0.15, -0.1) is 0 Å². The lowest BCUT2D eigenvalue weighted by molar-refractivity contribution is 0.230. The number of rotatable bonds is 4. The zero-order valence-electron chi connectivity index (χ0n) is 7.59. The number of piperidine rings is 1. The van der Waals surface area contributed by atoms with Crippen LogP contribution in [0.15, 0.2) is 0 Å². The van der Waals surface area contributed by atoms with Gasteiger partial charge in [0.05, 0.1) is 0 Å². The molecule has 1 atom stereocenters. The van der Waals surface area contributed by atoms with E-state index >= 15 is 0 Å². The Morgan fingerprint density at radius 2 is 1.92 bits per heavy atom. The monoisotopic (exact) mass is 189 g/mol. The van der Waals surface area contributed by atoms with E-state index in [1.807, 2.05) is 0 Å². The fourth-order valence-corrected chi connectivity index (χ4v) is 2.07. The van der Waals surface area contributed by atoms with Gasteiger partial charge in [-0.05, 0) is 49.8 Å². The number of hydrogen-bond donors (Lipinski definition) is 2. The van der Waals surface area contributed by atoms with Crippen LogP contribution in [0.3, 0.4) is 0 Å². The maximum atomic E-state index is 7.18. The molecule has 12 heavy (non-hydrogen) atoms. The third-order valence-electron chi connectivity index (χ3n) is 2.29. The van der Waals surface area contributed by atoms with Crippen molar-refractivity contribution < 1.29 is 0 Å². The molecule has 0 aromatic rings. The van der Waals surface area contributed by atoms with Gasteiger partial charge < -0.3 is 4.90 Å². The molecule has 1 heterocycles. The van der Waals surface area contributed by atoms with E-state index in [0.29, 0.717) is 0 Å². The lowest BCUT2D eigenvalue weighted by atomic mass is 10.1. The van der Waals surface area contributed by atoms with Crippen LogP contribution < -0.4 is 5.14 Å². The van der Waals surface area contributed by atoms with Crippen molar-refractivity contribution in [3.05, 3.63) is 0 Å². The quantitative estimate of drug-likeness (QED) is 0.696. The first kappa shape index (κ1) is 10.2. The third-order valence-corrected chi connectivity index (χ3v) is 3.02. The lowest BCUT2D eigenvalue weighted by Crippen LogP contribution is -2.31. The van der Waals surface area contributed by atoms with Gasteiger partial charge in [0.2, 0.25) is 0 Å². The Balaban J connectivity index is 2.01. The number of nitrogens with one attached hydrogen (secondary N) is 1. The molecule has 1 unspecified atom stereocenters. The SMILES string of the molecule is N=S(N)CCCN1CCCCC1. The van der Waals surface area contributed by atoms with Crippen LogP contribution in [0.2, 0.25) is 0 Å². The third kappa shape index (κ3) is 4.18. The summed E-state index contributed by atoms with van der Waals surface area (Å²) in [5.41, 5.74) is 0. The predicted molar refractivity (Wildman–Crippen MR) is 54.0 cm³/mol. The topological polar surface area (TPSA) is 53.1 Å². The fourth-order valence-electron chi connectivity index (χ4n) is 1.63. The Morgan fingerprint density at radius 1 is 1.25 bits per heavy atom. The molecular formula is C8H19N3S. The van der Waals surface area contributed by atoms with Gasteiger partial charge in [0.25, 0.3) is 0 Å². The summed E-state index contributed by atoms with van der Waals surface area (Å²) in [6.45, 7) is 3.67. The second kappa shape index (κ2) is 5.67. The number of nitrogens with zero attached hydrogens (tertiary/aromatic N) is 1. The smallest absolute Gasteiger partial charge is 0.0187 e. The molecule has 72 valence electrons. The highest BCUT2D eigenvalue weighted by atomic mass is 32.2. The van der Waals surface area contributed by atoms with Gasteiger partial charge in [-0.25, -0.2) is 0 Å². The highest BCUT2D eigenvalue weighted by Crippen LogP contribution is 2.08. The summed E-state index contributed by atoms with van der Waals surface area (Å²) < 4.78 is 7.18. The van der Waals surface area contributed by atoms with Crippen molar-refractivity contribution in [3.63, 3.8) is 0 Å². The first-order valence-electron chi connectivity index (χ1n) is 4.68. The minimum Gasteiger partial charge on any atom is -0.303 e. The van der Waals surface area contributed by atoms with E-state index in [9.17, 15) is 0 Å². The number of likely N-dealkylation sites (tertiary alicyclic amines) is 1. The minimum atomic E-state index is -0.597. The average molecular weight is 189 g/mol. The van der Waals surface area contributed by atoms with Crippen LogP contribution in [0, 0.1) is 4.78 Å². The van der Waals surface area contributed by atoms with Gasteiger partial charge in [0.1, 0.15) is 0 Å². The summed E-state index contributed by atoms with van der Waals surface area (Å²) in [6.07, 6.45) is 5.21. The van der Waals surface area contributed by atoms with Crippen LogP contribution in [-0.4, -0.2) is 30.3 Å². The van der Waals surface area contributed by atoms with Crippen molar-refractivity contribution in [1.82, 2.24) is 4.90 Å².